The van der Waals surface area contributed by atoms with Gasteiger partial charge in [-0.3, -0.25) is 4.98 Å². The standard InChI is InChI=1S/C14H14N4S/c1-2-13-17-14(19-18-13)16-9-12-11-6-4-3-5-10(11)7-8-15-12/h3-8H,2,9H2,1H3,(H,16,17,18). The van der Waals surface area contributed by atoms with Gasteiger partial charge in [0.25, 0.3) is 0 Å². The van der Waals surface area contributed by atoms with Crippen molar-refractivity contribution in [2.75, 3.05) is 5.32 Å². The fourth-order valence-electron chi connectivity index (χ4n) is 1.95. The molecule has 4 nitrogen and oxygen atoms in total. The van der Waals surface area contributed by atoms with Crippen molar-refractivity contribution in [1.29, 1.82) is 0 Å². The molecule has 19 heavy (non-hydrogen) atoms. The smallest absolute Gasteiger partial charge is 0.202 e. The minimum Gasteiger partial charge on any atom is -0.355 e. The molecule has 3 rings (SSSR count). The minimum absolute atomic E-state index is 0.666. The van der Waals surface area contributed by atoms with Crippen LogP contribution in [0.2, 0.25) is 0 Å². The van der Waals surface area contributed by atoms with Crippen molar-refractivity contribution in [2.24, 2.45) is 0 Å². The molecule has 0 atom stereocenters. The molecule has 2 aromatic heterocycles. The predicted molar refractivity (Wildman–Crippen MR) is 78.4 cm³/mol. The molecule has 0 saturated heterocycles. The largest absolute Gasteiger partial charge is 0.355 e. The number of fused-ring (bicyclic) bond motifs is 1. The van der Waals surface area contributed by atoms with E-state index in [1.54, 1.807) is 0 Å². The van der Waals surface area contributed by atoms with Crippen LogP contribution in [-0.4, -0.2) is 14.3 Å². The molecule has 0 spiro atoms. The molecule has 0 fully saturated rings. The number of aryl methyl sites for hydroxylation is 1. The molecule has 0 aliphatic heterocycles. The Kier molecular flexibility index (Phi) is 3.37. The van der Waals surface area contributed by atoms with Crippen molar-refractivity contribution in [3.63, 3.8) is 0 Å². The zero-order valence-electron chi connectivity index (χ0n) is 10.6. The van der Waals surface area contributed by atoms with Gasteiger partial charge in [-0.15, -0.1) is 0 Å². The van der Waals surface area contributed by atoms with E-state index in [1.807, 2.05) is 24.4 Å². The van der Waals surface area contributed by atoms with Crippen LogP contribution in [0.15, 0.2) is 36.5 Å². The maximum absolute atomic E-state index is 4.44. The second kappa shape index (κ2) is 5.32. The van der Waals surface area contributed by atoms with Crippen LogP contribution in [-0.2, 0) is 13.0 Å². The van der Waals surface area contributed by atoms with Crippen molar-refractivity contribution >= 4 is 27.4 Å². The number of hydrogen-bond donors (Lipinski definition) is 1. The van der Waals surface area contributed by atoms with E-state index in [2.05, 4.69) is 38.7 Å². The van der Waals surface area contributed by atoms with E-state index in [0.29, 0.717) is 6.54 Å². The van der Waals surface area contributed by atoms with Gasteiger partial charge in [0.1, 0.15) is 5.82 Å². The van der Waals surface area contributed by atoms with Crippen molar-refractivity contribution in [1.82, 2.24) is 14.3 Å². The maximum Gasteiger partial charge on any atom is 0.202 e. The average molecular weight is 270 g/mol. The van der Waals surface area contributed by atoms with Gasteiger partial charge in [0.05, 0.1) is 12.2 Å². The summed E-state index contributed by atoms with van der Waals surface area (Å²) < 4.78 is 4.26. The highest BCUT2D eigenvalue weighted by molar-refractivity contribution is 7.09. The Morgan fingerprint density at radius 1 is 1.21 bits per heavy atom. The SMILES string of the molecule is CCc1nsc(NCc2nccc3ccccc23)n1. The van der Waals surface area contributed by atoms with Crippen molar-refractivity contribution in [3.05, 3.63) is 48.0 Å². The molecular weight excluding hydrogens is 256 g/mol. The van der Waals surface area contributed by atoms with Gasteiger partial charge in [-0.25, -0.2) is 4.98 Å². The molecule has 0 amide bonds. The topological polar surface area (TPSA) is 50.7 Å². The number of aromatic nitrogens is 3. The van der Waals surface area contributed by atoms with Crippen LogP contribution in [0.3, 0.4) is 0 Å². The van der Waals surface area contributed by atoms with Gasteiger partial charge in [-0.1, -0.05) is 31.2 Å². The van der Waals surface area contributed by atoms with Gasteiger partial charge in [-0.05, 0) is 11.5 Å². The summed E-state index contributed by atoms with van der Waals surface area (Å²) in [6.45, 7) is 2.72. The Labute approximate surface area is 115 Å². The van der Waals surface area contributed by atoms with Gasteiger partial charge in [-0.2, -0.15) is 4.37 Å². The van der Waals surface area contributed by atoms with Gasteiger partial charge >= 0.3 is 0 Å². The number of nitrogens with zero attached hydrogens (tertiary/aromatic N) is 3. The maximum atomic E-state index is 4.44. The molecule has 5 heteroatoms. The first-order valence-electron chi connectivity index (χ1n) is 6.26. The highest BCUT2D eigenvalue weighted by Gasteiger charge is 2.04. The zero-order valence-corrected chi connectivity index (χ0v) is 11.4. The molecule has 0 saturated carbocycles. The van der Waals surface area contributed by atoms with E-state index in [9.17, 15) is 0 Å². The molecule has 0 bridgehead atoms. The number of rotatable bonds is 4. The Morgan fingerprint density at radius 3 is 2.95 bits per heavy atom. The highest BCUT2D eigenvalue weighted by atomic mass is 32.1. The summed E-state index contributed by atoms with van der Waals surface area (Å²) in [6, 6.07) is 10.3. The lowest BCUT2D eigenvalue weighted by molar-refractivity contribution is 0.988. The summed E-state index contributed by atoms with van der Waals surface area (Å²) in [5.41, 5.74) is 1.03. The van der Waals surface area contributed by atoms with Crippen LogP contribution in [0.25, 0.3) is 10.8 Å². The third kappa shape index (κ3) is 2.56. The number of pyridine rings is 1. The van der Waals surface area contributed by atoms with Crippen LogP contribution in [0.4, 0.5) is 5.13 Å². The molecule has 0 radical (unpaired) electrons. The fraction of sp³-hybridized carbons (Fsp3) is 0.214. The molecule has 1 aromatic carbocycles. The van der Waals surface area contributed by atoms with Gasteiger partial charge < -0.3 is 5.32 Å². The number of hydrogen-bond acceptors (Lipinski definition) is 5. The first-order valence-corrected chi connectivity index (χ1v) is 7.03. The summed E-state index contributed by atoms with van der Waals surface area (Å²) in [4.78, 5) is 8.84. The van der Waals surface area contributed by atoms with Crippen LogP contribution in [0.1, 0.15) is 18.4 Å². The summed E-state index contributed by atoms with van der Waals surface area (Å²) in [5.74, 6) is 0.887. The lowest BCUT2D eigenvalue weighted by Gasteiger charge is -2.05. The third-order valence-electron chi connectivity index (χ3n) is 2.95. The summed E-state index contributed by atoms with van der Waals surface area (Å²) in [6.07, 6.45) is 2.71. The molecule has 0 unspecified atom stereocenters. The van der Waals surface area contributed by atoms with Gasteiger partial charge in [0.15, 0.2) is 0 Å². The summed E-state index contributed by atoms with van der Waals surface area (Å²) >= 11 is 1.40. The van der Waals surface area contributed by atoms with E-state index in [0.717, 1.165) is 23.1 Å². The van der Waals surface area contributed by atoms with E-state index in [-0.39, 0.29) is 0 Å². The Hall–Kier alpha value is -2.01. The van der Waals surface area contributed by atoms with Crippen LogP contribution in [0, 0.1) is 0 Å². The summed E-state index contributed by atoms with van der Waals surface area (Å²) in [7, 11) is 0. The van der Waals surface area contributed by atoms with Crippen LogP contribution < -0.4 is 5.32 Å². The second-order valence-electron chi connectivity index (χ2n) is 4.20. The van der Waals surface area contributed by atoms with Crippen molar-refractivity contribution in [3.8, 4) is 0 Å². The monoisotopic (exact) mass is 270 g/mol. The Bertz CT molecular complexity index is 687. The normalized spacial score (nSPS) is 10.8. The average Bonchev–Trinajstić information content (AvgIpc) is 2.93. The quantitative estimate of drug-likeness (QED) is 0.790. The Morgan fingerprint density at radius 2 is 2.11 bits per heavy atom. The molecule has 0 aliphatic carbocycles. The number of benzene rings is 1. The molecule has 1 N–H and O–H groups in total. The van der Waals surface area contributed by atoms with Gasteiger partial charge in [0.2, 0.25) is 5.13 Å². The lowest BCUT2D eigenvalue weighted by Crippen LogP contribution is -2.02. The van der Waals surface area contributed by atoms with E-state index in [4.69, 9.17) is 0 Å². The first kappa shape index (κ1) is 12.0. The summed E-state index contributed by atoms with van der Waals surface area (Å²) in [5, 5.41) is 6.53. The number of anilines is 1. The predicted octanol–water partition coefficient (Wildman–Crippen LogP) is 3.26. The number of nitrogens with one attached hydrogen (secondary N) is 1. The minimum atomic E-state index is 0.666. The molecule has 0 aliphatic rings. The van der Waals surface area contributed by atoms with E-state index in [1.165, 1.54) is 22.3 Å². The fourth-order valence-corrected chi connectivity index (χ4v) is 2.60. The van der Waals surface area contributed by atoms with E-state index < -0.39 is 0 Å². The van der Waals surface area contributed by atoms with Crippen molar-refractivity contribution in [2.45, 2.75) is 19.9 Å². The molecular formula is C14H14N4S. The first-order chi connectivity index (χ1) is 9.36. The van der Waals surface area contributed by atoms with Gasteiger partial charge in [0, 0.05) is 29.5 Å². The van der Waals surface area contributed by atoms with Crippen molar-refractivity contribution < 1.29 is 0 Å². The highest BCUT2D eigenvalue weighted by Crippen LogP contribution is 2.18. The Balaban J connectivity index is 1.81. The lowest BCUT2D eigenvalue weighted by atomic mass is 10.1. The molecule has 2 heterocycles. The molecule has 3 aromatic rings. The van der Waals surface area contributed by atoms with E-state index >= 15 is 0 Å². The zero-order chi connectivity index (χ0) is 13.1. The molecule has 96 valence electrons. The van der Waals surface area contributed by atoms with Crippen LogP contribution in [0.5, 0.6) is 0 Å². The van der Waals surface area contributed by atoms with Crippen LogP contribution >= 0.6 is 11.5 Å². The third-order valence-corrected chi connectivity index (χ3v) is 3.66. The second-order valence-corrected chi connectivity index (χ2v) is 4.95.